The van der Waals surface area contributed by atoms with Crippen LogP contribution in [0, 0.1) is 6.92 Å². The fourth-order valence-electron chi connectivity index (χ4n) is 4.33. The van der Waals surface area contributed by atoms with Crippen molar-refractivity contribution in [3.05, 3.63) is 70.8 Å². The fraction of sp³-hybridized carbons (Fsp3) is 0.478. The van der Waals surface area contributed by atoms with Gasteiger partial charge in [-0.2, -0.15) is 0 Å². The molecule has 2 aliphatic rings. The van der Waals surface area contributed by atoms with Crippen LogP contribution in [0.4, 0.5) is 0 Å². The Morgan fingerprint density at radius 3 is 2.43 bits per heavy atom. The van der Waals surface area contributed by atoms with Crippen LogP contribution in [0.25, 0.3) is 0 Å². The first-order valence-corrected chi connectivity index (χ1v) is 10.3. The standard InChI is InChI=1S/C23H31N3O2/c1-18-6-8-19(9-7-18)14-25-12-13-26(23(25)28)17-22(27)16-24-11-10-20-4-2-3-5-21(20)15-24/h2-9,22-23,27-28H,10-17H2,1H3. The normalized spacial score (nSPS) is 22.3. The third-order valence-electron chi connectivity index (χ3n) is 5.96. The first-order chi connectivity index (χ1) is 13.6. The third kappa shape index (κ3) is 4.62. The van der Waals surface area contributed by atoms with E-state index >= 15 is 0 Å². The van der Waals surface area contributed by atoms with Crippen LogP contribution < -0.4 is 0 Å². The van der Waals surface area contributed by atoms with Crippen LogP contribution in [-0.2, 0) is 19.5 Å². The van der Waals surface area contributed by atoms with E-state index < -0.39 is 12.5 Å². The molecule has 0 saturated carbocycles. The van der Waals surface area contributed by atoms with Gasteiger partial charge in [-0.1, -0.05) is 54.1 Å². The second kappa shape index (κ2) is 8.72. The molecule has 28 heavy (non-hydrogen) atoms. The average Bonchev–Trinajstić information content (AvgIpc) is 3.03. The lowest BCUT2D eigenvalue weighted by Gasteiger charge is -2.32. The van der Waals surface area contributed by atoms with E-state index in [0.29, 0.717) is 13.1 Å². The van der Waals surface area contributed by atoms with Crippen molar-refractivity contribution in [2.45, 2.75) is 38.9 Å². The average molecular weight is 382 g/mol. The van der Waals surface area contributed by atoms with E-state index in [0.717, 1.165) is 39.1 Å². The van der Waals surface area contributed by atoms with Crippen molar-refractivity contribution >= 4 is 0 Å². The number of aryl methyl sites for hydroxylation is 1. The van der Waals surface area contributed by atoms with Gasteiger partial charge in [0.1, 0.15) is 0 Å². The quantitative estimate of drug-likeness (QED) is 0.799. The highest BCUT2D eigenvalue weighted by atomic mass is 16.3. The van der Waals surface area contributed by atoms with Crippen LogP contribution in [-0.4, -0.2) is 70.1 Å². The zero-order chi connectivity index (χ0) is 19.5. The summed E-state index contributed by atoms with van der Waals surface area (Å²) in [6.07, 6.45) is -0.0446. The number of aliphatic hydroxyl groups excluding tert-OH is 2. The number of nitrogens with zero attached hydrogens (tertiary/aromatic N) is 3. The first kappa shape index (κ1) is 19.6. The molecule has 4 rings (SSSR count). The molecule has 5 nitrogen and oxygen atoms in total. The molecule has 1 saturated heterocycles. The topological polar surface area (TPSA) is 50.2 Å². The minimum atomic E-state index is -0.627. The molecule has 2 aromatic carbocycles. The van der Waals surface area contributed by atoms with Gasteiger partial charge >= 0.3 is 0 Å². The molecule has 2 atom stereocenters. The highest BCUT2D eigenvalue weighted by Crippen LogP contribution is 2.20. The Labute approximate surface area is 167 Å². The Balaban J connectivity index is 1.27. The highest BCUT2D eigenvalue weighted by molar-refractivity contribution is 5.29. The monoisotopic (exact) mass is 381 g/mol. The Hall–Kier alpha value is -1.76. The van der Waals surface area contributed by atoms with Crippen molar-refractivity contribution in [1.82, 2.24) is 14.7 Å². The Morgan fingerprint density at radius 2 is 1.64 bits per heavy atom. The summed E-state index contributed by atoms with van der Waals surface area (Å²) in [6.45, 7) is 7.45. The van der Waals surface area contributed by atoms with E-state index in [1.807, 2.05) is 4.90 Å². The molecule has 0 spiro atoms. The summed E-state index contributed by atoms with van der Waals surface area (Å²) in [5.41, 5.74) is 5.25. The SMILES string of the molecule is Cc1ccc(CN2CCN(CC(O)CN3CCc4ccccc4C3)C2O)cc1. The molecular weight excluding hydrogens is 350 g/mol. The summed E-state index contributed by atoms with van der Waals surface area (Å²) in [4.78, 5) is 6.37. The number of rotatable bonds is 6. The third-order valence-corrected chi connectivity index (χ3v) is 5.96. The molecule has 150 valence electrons. The molecule has 0 bridgehead atoms. The summed E-state index contributed by atoms with van der Waals surface area (Å²) in [7, 11) is 0. The number of fused-ring (bicyclic) bond motifs is 1. The molecule has 2 aliphatic heterocycles. The van der Waals surface area contributed by atoms with E-state index in [2.05, 4.69) is 65.3 Å². The minimum absolute atomic E-state index is 0.459. The van der Waals surface area contributed by atoms with Crippen molar-refractivity contribution in [2.24, 2.45) is 0 Å². The Morgan fingerprint density at radius 1 is 0.929 bits per heavy atom. The van der Waals surface area contributed by atoms with Crippen LogP contribution in [0.15, 0.2) is 48.5 Å². The molecule has 0 radical (unpaired) electrons. The van der Waals surface area contributed by atoms with E-state index in [1.54, 1.807) is 0 Å². The van der Waals surface area contributed by atoms with Crippen LogP contribution in [0.3, 0.4) is 0 Å². The summed E-state index contributed by atoms with van der Waals surface area (Å²) < 4.78 is 0. The molecule has 0 amide bonds. The highest BCUT2D eigenvalue weighted by Gasteiger charge is 2.31. The van der Waals surface area contributed by atoms with Crippen molar-refractivity contribution in [1.29, 1.82) is 0 Å². The fourth-order valence-corrected chi connectivity index (χ4v) is 4.33. The number of benzene rings is 2. The molecule has 2 heterocycles. The molecule has 0 aliphatic carbocycles. The summed E-state index contributed by atoms with van der Waals surface area (Å²) in [5, 5.41) is 21.3. The van der Waals surface area contributed by atoms with Gasteiger partial charge in [-0.3, -0.25) is 14.7 Å². The maximum Gasteiger partial charge on any atom is 0.166 e. The Bertz CT molecular complexity index is 780. The Kier molecular flexibility index (Phi) is 6.09. The first-order valence-electron chi connectivity index (χ1n) is 10.3. The van der Waals surface area contributed by atoms with Gasteiger partial charge in [-0.05, 0) is 30.0 Å². The molecular formula is C23H31N3O2. The van der Waals surface area contributed by atoms with E-state index in [1.165, 1.54) is 22.3 Å². The molecule has 2 N–H and O–H groups in total. The molecule has 5 heteroatoms. The van der Waals surface area contributed by atoms with Gasteiger partial charge in [0.05, 0.1) is 6.10 Å². The predicted molar refractivity (Wildman–Crippen MR) is 111 cm³/mol. The second-order valence-corrected chi connectivity index (χ2v) is 8.21. The van der Waals surface area contributed by atoms with Crippen LogP contribution >= 0.6 is 0 Å². The van der Waals surface area contributed by atoms with E-state index in [9.17, 15) is 10.2 Å². The van der Waals surface area contributed by atoms with Crippen LogP contribution in [0.5, 0.6) is 0 Å². The lowest BCUT2D eigenvalue weighted by Crippen LogP contribution is -2.45. The van der Waals surface area contributed by atoms with Gasteiger partial charge < -0.3 is 10.2 Å². The number of hydrogen-bond donors (Lipinski definition) is 2. The summed E-state index contributed by atoms with van der Waals surface area (Å²) in [5.74, 6) is 0. The lowest BCUT2D eigenvalue weighted by molar-refractivity contribution is -0.0761. The van der Waals surface area contributed by atoms with E-state index in [4.69, 9.17) is 0 Å². The van der Waals surface area contributed by atoms with E-state index in [-0.39, 0.29) is 0 Å². The van der Waals surface area contributed by atoms with Crippen molar-refractivity contribution in [3.63, 3.8) is 0 Å². The van der Waals surface area contributed by atoms with Gasteiger partial charge in [0.15, 0.2) is 6.35 Å². The van der Waals surface area contributed by atoms with Crippen molar-refractivity contribution < 1.29 is 10.2 Å². The van der Waals surface area contributed by atoms with Gasteiger partial charge in [-0.15, -0.1) is 0 Å². The maximum atomic E-state index is 10.7. The summed E-state index contributed by atoms with van der Waals surface area (Å²) >= 11 is 0. The molecule has 2 aromatic rings. The predicted octanol–water partition coefficient (Wildman–Crippen LogP) is 1.81. The zero-order valence-corrected chi connectivity index (χ0v) is 16.7. The summed E-state index contributed by atoms with van der Waals surface area (Å²) in [6, 6.07) is 17.0. The number of hydrogen-bond acceptors (Lipinski definition) is 5. The second-order valence-electron chi connectivity index (χ2n) is 8.21. The number of β-amino-alcohol motifs (C(OH)–C–C–N with tert-alkyl or cyclic N) is 1. The van der Waals surface area contributed by atoms with Crippen molar-refractivity contribution in [3.8, 4) is 0 Å². The van der Waals surface area contributed by atoms with Gasteiger partial charge in [0, 0.05) is 45.8 Å². The lowest BCUT2D eigenvalue weighted by atomic mass is 10.00. The minimum Gasteiger partial charge on any atom is -0.390 e. The molecule has 0 aromatic heterocycles. The molecule has 2 unspecified atom stereocenters. The number of aliphatic hydroxyl groups is 2. The van der Waals surface area contributed by atoms with Gasteiger partial charge in [0.2, 0.25) is 0 Å². The smallest absolute Gasteiger partial charge is 0.166 e. The van der Waals surface area contributed by atoms with Gasteiger partial charge in [-0.25, -0.2) is 0 Å². The van der Waals surface area contributed by atoms with Gasteiger partial charge in [0.25, 0.3) is 0 Å². The zero-order valence-electron chi connectivity index (χ0n) is 16.7. The largest absolute Gasteiger partial charge is 0.390 e. The van der Waals surface area contributed by atoms with Crippen LogP contribution in [0.1, 0.15) is 22.3 Å². The molecule has 1 fully saturated rings. The van der Waals surface area contributed by atoms with Crippen LogP contribution in [0.2, 0.25) is 0 Å². The maximum absolute atomic E-state index is 10.7. The van der Waals surface area contributed by atoms with Crippen molar-refractivity contribution in [2.75, 3.05) is 32.7 Å².